The van der Waals surface area contributed by atoms with E-state index in [-0.39, 0.29) is 11.9 Å². The van der Waals surface area contributed by atoms with Gasteiger partial charge in [0.25, 0.3) is 0 Å². The zero-order valence-electron chi connectivity index (χ0n) is 11.5. The fourth-order valence-electron chi connectivity index (χ4n) is 2.46. The largest absolute Gasteiger partial charge is 0.406 e. The van der Waals surface area contributed by atoms with E-state index in [1.165, 1.54) is 0 Å². The van der Waals surface area contributed by atoms with Crippen molar-refractivity contribution in [2.75, 3.05) is 13.2 Å². The Bertz CT molecular complexity index is 583. The molecule has 1 aromatic rings. The first kappa shape index (κ1) is 13.1. The number of carbonyl (C=O) groups excluding carboxylic acids is 1. The summed E-state index contributed by atoms with van der Waals surface area (Å²) in [4.78, 5) is 16.2. The van der Waals surface area contributed by atoms with Crippen molar-refractivity contribution < 1.29 is 14.3 Å². The predicted octanol–water partition coefficient (Wildman–Crippen LogP) is 2.72. The van der Waals surface area contributed by atoms with Crippen LogP contribution >= 0.6 is 0 Å². The highest BCUT2D eigenvalue weighted by molar-refractivity contribution is 6.07. The van der Waals surface area contributed by atoms with Gasteiger partial charge in [-0.25, -0.2) is 9.79 Å². The first-order valence-corrected chi connectivity index (χ1v) is 6.89. The number of hydrogen-bond acceptors (Lipinski definition) is 4. The van der Waals surface area contributed by atoms with Crippen LogP contribution in [0.3, 0.4) is 0 Å². The van der Waals surface area contributed by atoms with E-state index in [4.69, 9.17) is 9.47 Å². The Morgan fingerprint density at radius 3 is 2.85 bits per heavy atom. The minimum Gasteiger partial charge on any atom is -0.406 e. The molecule has 20 heavy (non-hydrogen) atoms. The number of esters is 1. The molecule has 2 aliphatic rings. The monoisotopic (exact) mass is 271 g/mol. The average Bonchev–Trinajstić information content (AvgIpc) is 2.81. The van der Waals surface area contributed by atoms with Crippen molar-refractivity contribution >= 4 is 17.9 Å². The molecule has 1 aromatic carbocycles. The van der Waals surface area contributed by atoms with Gasteiger partial charge in [-0.1, -0.05) is 29.8 Å². The standard InChI is InChI=1S/C16H17NO3/c1-11-3-2-4-12(9-11)10-14-16(18)20-15(17-14)13-5-7-19-8-6-13/h2-4,9-10,13H,5-8H2,1H3/b14-10+. The third-order valence-electron chi connectivity index (χ3n) is 3.55. The molecular formula is C16H17NO3. The lowest BCUT2D eigenvalue weighted by molar-refractivity contribution is -0.130. The fraction of sp³-hybridized carbons (Fsp3) is 0.375. The Morgan fingerprint density at radius 1 is 1.30 bits per heavy atom. The number of rotatable bonds is 2. The molecule has 4 heteroatoms. The molecule has 0 N–H and O–H groups in total. The molecule has 2 aliphatic heterocycles. The Balaban J connectivity index is 1.82. The van der Waals surface area contributed by atoms with Gasteiger partial charge in [-0.3, -0.25) is 0 Å². The lowest BCUT2D eigenvalue weighted by Gasteiger charge is -2.20. The Morgan fingerprint density at radius 2 is 2.10 bits per heavy atom. The molecule has 0 unspecified atom stereocenters. The van der Waals surface area contributed by atoms with E-state index in [0.717, 1.165) is 24.0 Å². The van der Waals surface area contributed by atoms with E-state index in [0.29, 0.717) is 24.8 Å². The zero-order valence-corrected chi connectivity index (χ0v) is 11.5. The van der Waals surface area contributed by atoms with Gasteiger partial charge in [0.15, 0.2) is 5.70 Å². The van der Waals surface area contributed by atoms with Gasteiger partial charge in [-0.05, 0) is 31.4 Å². The molecular weight excluding hydrogens is 254 g/mol. The van der Waals surface area contributed by atoms with Crippen LogP contribution in [0.5, 0.6) is 0 Å². The number of ether oxygens (including phenoxy) is 2. The molecule has 0 amide bonds. The number of aryl methyl sites for hydroxylation is 1. The molecule has 0 spiro atoms. The van der Waals surface area contributed by atoms with Crippen LogP contribution in [0.15, 0.2) is 35.0 Å². The van der Waals surface area contributed by atoms with Crippen molar-refractivity contribution in [3.63, 3.8) is 0 Å². The molecule has 4 nitrogen and oxygen atoms in total. The quantitative estimate of drug-likeness (QED) is 0.614. The van der Waals surface area contributed by atoms with E-state index < -0.39 is 0 Å². The van der Waals surface area contributed by atoms with Gasteiger partial charge >= 0.3 is 5.97 Å². The summed E-state index contributed by atoms with van der Waals surface area (Å²) in [5.74, 6) is 0.404. The molecule has 104 valence electrons. The van der Waals surface area contributed by atoms with Crippen molar-refractivity contribution in [3.05, 3.63) is 41.1 Å². The van der Waals surface area contributed by atoms with Crippen molar-refractivity contribution in [1.29, 1.82) is 0 Å². The van der Waals surface area contributed by atoms with Gasteiger partial charge in [0.2, 0.25) is 5.90 Å². The van der Waals surface area contributed by atoms with Crippen LogP contribution < -0.4 is 0 Å². The average molecular weight is 271 g/mol. The number of nitrogens with zero attached hydrogens (tertiary/aromatic N) is 1. The highest BCUT2D eigenvalue weighted by atomic mass is 16.6. The van der Waals surface area contributed by atoms with Gasteiger partial charge in [0, 0.05) is 19.1 Å². The fourth-order valence-corrected chi connectivity index (χ4v) is 2.46. The van der Waals surface area contributed by atoms with E-state index in [1.807, 2.05) is 31.2 Å². The first-order chi connectivity index (χ1) is 9.72. The predicted molar refractivity (Wildman–Crippen MR) is 76.2 cm³/mol. The van der Waals surface area contributed by atoms with E-state index in [9.17, 15) is 4.79 Å². The lowest BCUT2D eigenvalue weighted by Crippen LogP contribution is -2.24. The van der Waals surface area contributed by atoms with Crippen LogP contribution in [0.1, 0.15) is 24.0 Å². The van der Waals surface area contributed by atoms with Crippen molar-refractivity contribution in [3.8, 4) is 0 Å². The smallest absolute Gasteiger partial charge is 0.363 e. The molecule has 0 atom stereocenters. The van der Waals surface area contributed by atoms with Gasteiger partial charge < -0.3 is 9.47 Å². The van der Waals surface area contributed by atoms with Gasteiger partial charge in [-0.2, -0.15) is 0 Å². The zero-order chi connectivity index (χ0) is 13.9. The molecule has 0 aliphatic carbocycles. The van der Waals surface area contributed by atoms with Gasteiger partial charge in [0.05, 0.1) is 0 Å². The van der Waals surface area contributed by atoms with Crippen LogP contribution in [-0.4, -0.2) is 25.1 Å². The van der Waals surface area contributed by atoms with Crippen molar-refractivity contribution in [2.45, 2.75) is 19.8 Å². The van der Waals surface area contributed by atoms with Crippen LogP contribution in [0.2, 0.25) is 0 Å². The second kappa shape index (κ2) is 5.59. The van der Waals surface area contributed by atoms with E-state index >= 15 is 0 Å². The second-order valence-corrected chi connectivity index (χ2v) is 5.17. The Kier molecular flexibility index (Phi) is 3.65. The molecule has 0 aromatic heterocycles. The van der Waals surface area contributed by atoms with Crippen molar-refractivity contribution in [2.24, 2.45) is 10.9 Å². The second-order valence-electron chi connectivity index (χ2n) is 5.17. The maximum atomic E-state index is 11.9. The van der Waals surface area contributed by atoms with Crippen LogP contribution in [-0.2, 0) is 14.3 Å². The molecule has 1 fully saturated rings. The summed E-state index contributed by atoms with van der Waals surface area (Å²) in [6.07, 6.45) is 3.51. The maximum Gasteiger partial charge on any atom is 0.363 e. The highest BCUT2D eigenvalue weighted by Gasteiger charge is 2.30. The third kappa shape index (κ3) is 2.80. The summed E-state index contributed by atoms with van der Waals surface area (Å²) in [5.41, 5.74) is 2.50. The van der Waals surface area contributed by atoms with Crippen molar-refractivity contribution in [1.82, 2.24) is 0 Å². The Hall–Kier alpha value is -1.94. The summed E-state index contributed by atoms with van der Waals surface area (Å²) in [6.45, 7) is 3.43. The highest BCUT2D eigenvalue weighted by Crippen LogP contribution is 2.24. The summed E-state index contributed by atoms with van der Waals surface area (Å²) < 4.78 is 10.6. The minimum atomic E-state index is -0.354. The third-order valence-corrected chi connectivity index (χ3v) is 3.55. The molecule has 2 heterocycles. The summed E-state index contributed by atoms with van der Waals surface area (Å²) in [7, 11) is 0. The molecule has 0 bridgehead atoms. The maximum absolute atomic E-state index is 11.9. The van der Waals surface area contributed by atoms with E-state index in [1.54, 1.807) is 6.08 Å². The van der Waals surface area contributed by atoms with Crippen LogP contribution in [0.4, 0.5) is 0 Å². The summed E-state index contributed by atoms with van der Waals surface area (Å²) in [5, 5.41) is 0. The molecule has 0 radical (unpaired) electrons. The number of carbonyl (C=O) groups is 1. The van der Waals surface area contributed by atoms with Crippen LogP contribution in [0, 0.1) is 12.8 Å². The van der Waals surface area contributed by atoms with Crippen LogP contribution in [0.25, 0.3) is 6.08 Å². The lowest BCUT2D eigenvalue weighted by atomic mass is 10.0. The normalized spacial score (nSPS) is 21.9. The first-order valence-electron chi connectivity index (χ1n) is 6.89. The summed E-state index contributed by atoms with van der Waals surface area (Å²) in [6, 6.07) is 7.95. The molecule has 0 saturated carbocycles. The number of cyclic esters (lactones) is 1. The number of hydrogen-bond donors (Lipinski definition) is 0. The minimum absolute atomic E-state index is 0.205. The Labute approximate surface area is 118 Å². The SMILES string of the molecule is Cc1cccc(/C=C2/N=C(C3CCOCC3)OC2=O)c1. The molecule has 1 saturated heterocycles. The van der Waals surface area contributed by atoms with Gasteiger partial charge in [0.1, 0.15) is 0 Å². The summed E-state index contributed by atoms with van der Waals surface area (Å²) >= 11 is 0. The molecule has 3 rings (SSSR count). The van der Waals surface area contributed by atoms with Gasteiger partial charge in [-0.15, -0.1) is 0 Å². The van der Waals surface area contributed by atoms with E-state index in [2.05, 4.69) is 4.99 Å². The topological polar surface area (TPSA) is 47.9 Å². The number of aliphatic imine (C=N–C) groups is 1. The number of benzene rings is 1.